The van der Waals surface area contributed by atoms with E-state index in [0.29, 0.717) is 15.9 Å². The van der Waals surface area contributed by atoms with Gasteiger partial charge in [-0.05, 0) is 106 Å². The SMILES string of the molecule is CCC(C)(C)NS(=O)c1cccc(C(=O)N2CC3(CCC4(CC4)CC3)c3cc(Br)ccc32)c1. The molecule has 6 heteroatoms. The first-order valence-electron chi connectivity index (χ1n) is 12.1. The molecular weight excluding hydrogens is 496 g/mol. The van der Waals surface area contributed by atoms with Crippen LogP contribution in [0.5, 0.6) is 0 Å². The molecule has 0 saturated heterocycles. The molecule has 1 amide bonds. The van der Waals surface area contributed by atoms with Crippen LogP contribution < -0.4 is 9.62 Å². The van der Waals surface area contributed by atoms with Crippen LogP contribution in [-0.2, 0) is 16.4 Å². The highest BCUT2D eigenvalue weighted by molar-refractivity contribution is 9.10. The van der Waals surface area contributed by atoms with Gasteiger partial charge >= 0.3 is 0 Å². The zero-order valence-electron chi connectivity index (χ0n) is 19.7. The number of nitrogens with one attached hydrogen (secondary N) is 1. The third-order valence-electron chi connectivity index (χ3n) is 8.30. The van der Waals surface area contributed by atoms with Crippen molar-refractivity contribution in [1.82, 2.24) is 4.72 Å². The van der Waals surface area contributed by atoms with E-state index in [1.807, 2.05) is 43.0 Å². The van der Waals surface area contributed by atoms with E-state index < -0.39 is 11.0 Å². The molecule has 0 bridgehead atoms. The van der Waals surface area contributed by atoms with Crippen LogP contribution in [-0.4, -0.2) is 22.2 Å². The smallest absolute Gasteiger partial charge is 0.258 e. The molecule has 1 N–H and O–H groups in total. The minimum atomic E-state index is -1.37. The number of benzene rings is 2. The van der Waals surface area contributed by atoms with E-state index >= 15 is 0 Å². The van der Waals surface area contributed by atoms with Crippen molar-refractivity contribution in [3.8, 4) is 0 Å². The van der Waals surface area contributed by atoms with Gasteiger partial charge in [-0.1, -0.05) is 28.9 Å². The third kappa shape index (κ3) is 4.35. The zero-order chi connectivity index (χ0) is 23.4. The quantitative estimate of drug-likeness (QED) is 0.481. The molecule has 2 fully saturated rings. The van der Waals surface area contributed by atoms with Crippen LogP contribution in [0, 0.1) is 5.41 Å². The number of amides is 1. The predicted molar refractivity (Wildman–Crippen MR) is 138 cm³/mol. The van der Waals surface area contributed by atoms with Crippen molar-refractivity contribution in [2.75, 3.05) is 11.4 Å². The fraction of sp³-hybridized carbons (Fsp3) is 0.519. The first-order valence-corrected chi connectivity index (χ1v) is 14.0. The Balaban J connectivity index is 1.43. The number of hydrogen-bond donors (Lipinski definition) is 1. The van der Waals surface area contributed by atoms with Crippen molar-refractivity contribution in [2.45, 2.75) is 81.6 Å². The Morgan fingerprint density at radius 2 is 1.79 bits per heavy atom. The first kappa shape index (κ1) is 23.3. The molecule has 4 nitrogen and oxygen atoms in total. The van der Waals surface area contributed by atoms with E-state index in [9.17, 15) is 9.00 Å². The molecule has 2 aromatic rings. The Morgan fingerprint density at radius 1 is 1.09 bits per heavy atom. The largest absolute Gasteiger partial charge is 0.307 e. The van der Waals surface area contributed by atoms with E-state index in [1.54, 1.807) is 6.07 Å². The van der Waals surface area contributed by atoms with Gasteiger partial charge in [-0.15, -0.1) is 0 Å². The standard InChI is InChI=1S/C27H33BrN2O2S/c1-4-25(2,3)29-33(32)21-7-5-6-19(16-21)24(31)30-18-27(14-12-26(10-11-26)13-15-27)22-17-20(28)8-9-23(22)30/h5-9,16-17,29H,4,10-15,18H2,1-3H3. The second-order valence-corrected chi connectivity index (χ2v) is 13.1. The number of anilines is 1. The average molecular weight is 530 g/mol. The van der Waals surface area contributed by atoms with Gasteiger partial charge in [0, 0.05) is 33.2 Å². The maximum atomic E-state index is 13.8. The minimum Gasteiger partial charge on any atom is -0.307 e. The number of carbonyl (C=O) groups excluding carboxylic acids is 1. The van der Waals surface area contributed by atoms with Gasteiger partial charge in [-0.25, -0.2) is 8.93 Å². The summed E-state index contributed by atoms with van der Waals surface area (Å²) in [6, 6.07) is 13.7. The van der Waals surface area contributed by atoms with Crippen molar-refractivity contribution in [2.24, 2.45) is 5.41 Å². The number of nitrogens with zero attached hydrogens (tertiary/aromatic N) is 1. The summed E-state index contributed by atoms with van der Waals surface area (Å²) in [5, 5.41) is 0. The molecule has 0 aromatic heterocycles. The molecule has 2 aromatic carbocycles. The van der Waals surface area contributed by atoms with Crippen molar-refractivity contribution >= 4 is 38.5 Å². The molecule has 5 rings (SSSR count). The molecule has 2 spiro atoms. The summed E-state index contributed by atoms with van der Waals surface area (Å²) in [5.41, 5.74) is 3.36. The monoisotopic (exact) mass is 528 g/mol. The summed E-state index contributed by atoms with van der Waals surface area (Å²) in [5.74, 6) is -0.00393. The fourth-order valence-electron chi connectivity index (χ4n) is 5.47. The molecule has 2 saturated carbocycles. The van der Waals surface area contributed by atoms with Gasteiger partial charge in [-0.3, -0.25) is 4.79 Å². The molecule has 1 heterocycles. The van der Waals surface area contributed by atoms with Crippen molar-refractivity contribution in [1.29, 1.82) is 0 Å². The topological polar surface area (TPSA) is 49.4 Å². The van der Waals surface area contributed by atoms with E-state index in [4.69, 9.17) is 0 Å². The van der Waals surface area contributed by atoms with Gasteiger partial charge in [0.05, 0.1) is 4.90 Å². The summed E-state index contributed by atoms with van der Waals surface area (Å²) >= 11 is 3.66. The summed E-state index contributed by atoms with van der Waals surface area (Å²) in [4.78, 5) is 16.4. The lowest BCUT2D eigenvalue weighted by Crippen LogP contribution is -2.40. The zero-order valence-corrected chi connectivity index (χ0v) is 22.2. The summed E-state index contributed by atoms with van der Waals surface area (Å²) in [6.07, 6.45) is 8.47. The van der Waals surface area contributed by atoms with E-state index in [-0.39, 0.29) is 16.9 Å². The van der Waals surface area contributed by atoms with Gasteiger partial charge in [0.15, 0.2) is 0 Å². The average Bonchev–Trinajstić information content (AvgIpc) is 3.51. The van der Waals surface area contributed by atoms with Crippen LogP contribution in [0.2, 0.25) is 0 Å². The maximum Gasteiger partial charge on any atom is 0.258 e. The molecular formula is C27H33BrN2O2S. The molecule has 33 heavy (non-hydrogen) atoms. The maximum absolute atomic E-state index is 13.8. The highest BCUT2D eigenvalue weighted by atomic mass is 79.9. The van der Waals surface area contributed by atoms with E-state index in [0.717, 1.165) is 36.0 Å². The summed E-state index contributed by atoms with van der Waals surface area (Å²) in [7, 11) is -1.37. The highest BCUT2D eigenvalue weighted by Crippen LogP contribution is 2.62. The summed E-state index contributed by atoms with van der Waals surface area (Å²) < 4.78 is 17.2. The second-order valence-electron chi connectivity index (χ2n) is 11.0. The number of fused-ring (bicyclic) bond motifs is 2. The van der Waals surface area contributed by atoms with Gasteiger partial charge in [0.2, 0.25) is 0 Å². The van der Waals surface area contributed by atoms with Crippen LogP contribution in [0.3, 0.4) is 0 Å². The predicted octanol–water partition coefficient (Wildman–Crippen LogP) is 6.50. The Kier molecular flexibility index (Phi) is 5.86. The van der Waals surface area contributed by atoms with Gasteiger partial charge in [0.25, 0.3) is 5.91 Å². The summed E-state index contributed by atoms with van der Waals surface area (Å²) in [6.45, 7) is 6.88. The normalized spacial score (nSPS) is 21.3. The van der Waals surface area contributed by atoms with Gasteiger partial charge < -0.3 is 4.90 Å². The third-order valence-corrected chi connectivity index (χ3v) is 10.2. The lowest BCUT2D eigenvalue weighted by Gasteiger charge is -2.38. The van der Waals surface area contributed by atoms with Crippen molar-refractivity contribution < 1.29 is 9.00 Å². The van der Waals surface area contributed by atoms with Gasteiger partial charge in [0.1, 0.15) is 11.0 Å². The van der Waals surface area contributed by atoms with Crippen LogP contribution in [0.15, 0.2) is 51.8 Å². The molecule has 1 unspecified atom stereocenters. The second kappa shape index (κ2) is 8.31. The molecule has 0 radical (unpaired) electrons. The van der Waals surface area contributed by atoms with E-state index in [2.05, 4.69) is 39.7 Å². The number of carbonyl (C=O) groups is 1. The molecule has 3 aliphatic rings. The molecule has 1 atom stereocenters. The van der Waals surface area contributed by atoms with E-state index in [1.165, 1.54) is 31.2 Å². The number of rotatable bonds is 5. The molecule has 176 valence electrons. The van der Waals surface area contributed by atoms with Crippen LogP contribution >= 0.6 is 15.9 Å². The van der Waals surface area contributed by atoms with Gasteiger partial charge in [-0.2, -0.15) is 0 Å². The first-order chi connectivity index (χ1) is 15.7. The minimum absolute atomic E-state index is 0.00393. The lowest BCUT2D eigenvalue weighted by atomic mass is 9.66. The lowest BCUT2D eigenvalue weighted by molar-refractivity contribution is 0.0980. The number of halogens is 1. The Labute approximate surface area is 208 Å². The Morgan fingerprint density at radius 3 is 2.45 bits per heavy atom. The van der Waals surface area contributed by atoms with Crippen LogP contribution in [0.1, 0.15) is 81.6 Å². The van der Waals surface area contributed by atoms with Crippen LogP contribution in [0.4, 0.5) is 5.69 Å². The fourth-order valence-corrected chi connectivity index (χ4v) is 7.03. The van der Waals surface area contributed by atoms with Crippen molar-refractivity contribution in [3.63, 3.8) is 0 Å². The van der Waals surface area contributed by atoms with Crippen LogP contribution in [0.25, 0.3) is 0 Å². The Bertz CT molecular complexity index is 1110. The molecule has 2 aliphatic carbocycles. The Hall–Kier alpha value is -1.50. The highest BCUT2D eigenvalue weighted by Gasteiger charge is 2.53. The number of hydrogen-bond acceptors (Lipinski definition) is 2. The van der Waals surface area contributed by atoms with Crippen molar-refractivity contribution in [3.05, 3.63) is 58.1 Å². The molecule has 1 aliphatic heterocycles.